The molecule has 128 valence electrons. The Morgan fingerprint density at radius 3 is 2.88 bits per heavy atom. The van der Waals surface area contributed by atoms with Crippen LogP contribution in [0.2, 0.25) is 0 Å². The van der Waals surface area contributed by atoms with Crippen molar-refractivity contribution in [1.29, 1.82) is 0 Å². The van der Waals surface area contributed by atoms with E-state index in [-0.39, 0.29) is 24.4 Å². The molecular formula is C17H23N5O2. The summed E-state index contributed by atoms with van der Waals surface area (Å²) in [6, 6.07) is 7.80. The number of benzene rings is 1. The van der Waals surface area contributed by atoms with Crippen molar-refractivity contribution in [2.24, 2.45) is 0 Å². The van der Waals surface area contributed by atoms with Crippen LogP contribution in [0.1, 0.15) is 26.7 Å². The lowest BCUT2D eigenvalue weighted by Crippen LogP contribution is -2.41. The van der Waals surface area contributed by atoms with E-state index in [0.29, 0.717) is 19.0 Å². The van der Waals surface area contributed by atoms with Gasteiger partial charge in [0, 0.05) is 32.1 Å². The first-order valence-corrected chi connectivity index (χ1v) is 8.40. The lowest BCUT2D eigenvalue weighted by molar-refractivity contribution is -0.121. The molecule has 2 aromatic rings. The minimum Gasteiger partial charge on any atom is -0.354 e. The molecule has 1 aliphatic heterocycles. The second-order valence-electron chi connectivity index (χ2n) is 6.06. The van der Waals surface area contributed by atoms with Crippen molar-refractivity contribution in [1.82, 2.24) is 20.2 Å². The van der Waals surface area contributed by atoms with Crippen molar-refractivity contribution in [3.05, 3.63) is 24.3 Å². The van der Waals surface area contributed by atoms with Crippen molar-refractivity contribution in [2.75, 3.05) is 18.0 Å². The van der Waals surface area contributed by atoms with Gasteiger partial charge >= 0.3 is 6.03 Å². The molecule has 1 aliphatic rings. The first-order chi connectivity index (χ1) is 11.6. The topological polar surface area (TPSA) is 79.3 Å². The van der Waals surface area contributed by atoms with Crippen LogP contribution in [0.15, 0.2) is 24.3 Å². The maximum atomic E-state index is 12.4. The molecule has 2 heterocycles. The smallest absolute Gasteiger partial charge is 0.324 e. The van der Waals surface area contributed by atoms with Gasteiger partial charge in [0.05, 0.1) is 11.0 Å². The standard InChI is InChI=1S/C17H23N5O2/c1-3-12(2)19-15(23)8-9-18-17(24)22-11-10-21-14-7-5-4-6-13(14)20-16(21)22/h4-7,12H,3,8-11H2,1-2H3,(H,18,24)(H,19,23)/t12-/m1/s1. The van der Waals surface area contributed by atoms with E-state index in [9.17, 15) is 9.59 Å². The summed E-state index contributed by atoms with van der Waals surface area (Å²) in [5.74, 6) is 0.621. The number of carbonyl (C=O) groups is 2. The molecule has 3 amide bonds. The van der Waals surface area contributed by atoms with E-state index in [4.69, 9.17) is 0 Å². The molecule has 2 N–H and O–H groups in total. The zero-order chi connectivity index (χ0) is 17.1. The molecule has 0 unspecified atom stereocenters. The zero-order valence-corrected chi connectivity index (χ0v) is 14.1. The summed E-state index contributed by atoms with van der Waals surface area (Å²) < 4.78 is 2.05. The molecular weight excluding hydrogens is 306 g/mol. The summed E-state index contributed by atoms with van der Waals surface area (Å²) in [6.45, 7) is 5.63. The van der Waals surface area contributed by atoms with Gasteiger partial charge in [0.15, 0.2) is 0 Å². The molecule has 24 heavy (non-hydrogen) atoms. The monoisotopic (exact) mass is 329 g/mol. The summed E-state index contributed by atoms with van der Waals surface area (Å²) in [7, 11) is 0. The Morgan fingerprint density at radius 1 is 1.29 bits per heavy atom. The van der Waals surface area contributed by atoms with Crippen LogP contribution in [0, 0.1) is 0 Å². The number of nitrogens with one attached hydrogen (secondary N) is 2. The fourth-order valence-electron chi connectivity index (χ4n) is 2.81. The quantitative estimate of drug-likeness (QED) is 0.879. The number of para-hydroxylation sites is 2. The van der Waals surface area contributed by atoms with Gasteiger partial charge in [0.25, 0.3) is 0 Å². The SMILES string of the molecule is CC[C@@H](C)NC(=O)CCNC(=O)N1CCn2c1nc1ccccc12. The van der Waals surface area contributed by atoms with Crippen molar-refractivity contribution in [2.45, 2.75) is 39.3 Å². The van der Waals surface area contributed by atoms with E-state index in [1.165, 1.54) is 0 Å². The fourth-order valence-corrected chi connectivity index (χ4v) is 2.81. The highest BCUT2D eigenvalue weighted by atomic mass is 16.2. The number of fused-ring (bicyclic) bond motifs is 3. The number of anilines is 1. The van der Waals surface area contributed by atoms with Crippen LogP contribution in [0.3, 0.4) is 0 Å². The maximum Gasteiger partial charge on any atom is 0.324 e. The molecule has 3 rings (SSSR count). The Hall–Kier alpha value is -2.57. The van der Waals surface area contributed by atoms with Gasteiger partial charge in [0.2, 0.25) is 11.9 Å². The Morgan fingerprint density at radius 2 is 2.08 bits per heavy atom. The summed E-state index contributed by atoms with van der Waals surface area (Å²) in [5.41, 5.74) is 1.92. The highest BCUT2D eigenvalue weighted by Gasteiger charge is 2.28. The molecule has 0 aliphatic carbocycles. The van der Waals surface area contributed by atoms with Crippen molar-refractivity contribution < 1.29 is 9.59 Å². The van der Waals surface area contributed by atoms with Crippen LogP contribution in [0.25, 0.3) is 11.0 Å². The fraction of sp³-hybridized carbons (Fsp3) is 0.471. The van der Waals surface area contributed by atoms with Gasteiger partial charge in [-0.3, -0.25) is 9.69 Å². The van der Waals surface area contributed by atoms with E-state index < -0.39 is 0 Å². The van der Waals surface area contributed by atoms with E-state index in [2.05, 4.69) is 15.6 Å². The van der Waals surface area contributed by atoms with Gasteiger partial charge in [-0.1, -0.05) is 19.1 Å². The summed E-state index contributed by atoms with van der Waals surface area (Å²) in [4.78, 5) is 30.3. The summed E-state index contributed by atoms with van der Waals surface area (Å²) in [6.07, 6.45) is 1.17. The van der Waals surface area contributed by atoms with Crippen LogP contribution >= 0.6 is 0 Å². The van der Waals surface area contributed by atoms with Gasteiger partial charge in [-0.15, -0.1) is 0 Å². The zero-order valence-electron chi connectivity index (χ0n) is 14.1. The van der Waals surface area contributed by atoms with Gasteiger partial charge in [-0.2, -0.15) is 0 Å². The molecule has 1 aromatic carbocycles. The van der Waals surface area contributed by atoms with Crippen LogP contribution in [0.4, 0.5) is 10.7 Å². The highest BCUT2D eigenvalue weighted by Crippen LogP contribution is 2.26. The third-order valence-corrected chi connectivity index (χ3v) is 4.32. The molecule has 0 radical (unpaired) electrons. The summed E-state index contributed by atoms with van der Waals surface area (Å²) in [5, 5.41) is 5.69. The first-order valence-electron chi connectivity index (χ1n) is 8.40. The molecule has 0 bridgehead atoms. The number of urea groups is 1. The number of nitrogens with zero attached hydrogens (tertiary/aromatic N) is 3. The van der Waals surface area contributed by atoms with Gasteiger partial charge in [0.1, 0.15) is 0 Å². The average molecular weight is 329 g/mol. The molecule has 1 aromatic heterocycles. The van der Waals surface area contributed by atoms with E-state index >= 15 is 0 Å². The molecule has 7 nitrogen and oxygen atoms in total. The highest BCUT2D eigenvalue weighted by molar-refractivity contribution is 5.94. The third kappa shape index (κ3) is 3.20. The van der Waals surface area contributed by atoms with Crippen LogP contribution in [0.5, 0.6) is 0 Å². The Balaban J connectivity index is 1.57. The van der Waals surface area contributed by atoms with Crippen LogP contribution in [-0.2, 0) is 11.3 Å². The second kappa shape index (κ2) is 6.90. The minimum absolute atomic E-state index is 0.0432. The number of hydrogen-bond donors (Lipinski definition) is 2. The Labute approximate surface area is 141 Å². The number of carbonyl (C=O) groups excluding carboxylic acids is 2. The predicted molar refractivity (Wildman–Crippen MR) is 93.0 cm³/mol. The van der Waals surface area contributed by atoms with Gasteiger partial charge in [-0.25, -0.2) is 9.78 Å². The molecule has 0 spiro atoms. The van der Waals surface area contributed by atoms with E-state index in [1.807, 2.05) is 42.7 Å². The number of imidazole rings is 1. The normalized spacial score (nSPS) is 14.5. The van der Waals surface area contributed by atoms with Crippen molar-refractivity contribution in [3.8, 4) is 0 Å². The maximum absolute atomic E-state index is 12.4. The number of aromatic nitrogens is 2. The Kier molecular flexibility index (Phi) is 4.69. The van der Waals surface area contributed by atoms with Crippen molar-refractivity contribution >= 4 is 28.9 Å². The predicted octanol–water partition coefficient (Wildman–Crippen LogP) is 1.87. The molecule has 1 atom stereocenters. The molecule has 0 saturated heterocycles. The molecule has 0 fully saturated rings. The average Bonchev–Trinajstić information content (AvgIpc) is 3.13. The number of hydrogen-bond acceptors (Lipinski definition) is 3. The van der Waals surface area contributed by atoms with Crippen molar-refractivity contribution in [3.63, 3.8) is 0 Å². The lowest BCUT2D eigenvalue weighted by atomic mass is 10.2. The van der Waals surface area contributed by atoms with Crippen LogP contribution in [-0.4, -0.2) is 40.6 Å². The van der Waals surface area contributed by atoms with Crippen LogP contribution < -0.4 is 15.5 Å². The molecule has 7 heteroatoms. The van der Waals surface area contributed by atoms with Gasteiger partial charge in [-0.05, 0) is 25.5 Å². The Bertz CT molecular complexity index is 755. The summed E-state index contributed by atoms with van der Waals surface area (Å²) >= 11 is 0. The molecule has 0 saturated carbocycles. The third-order valence-electron chi connectivity index (χ3n) is 4.32. The lowest BCUT2D eigenvalue weighted by Gasteiger charge is -2.15. The first kappa shape index (κ1) is 16.3. The van der Waals surface area contributed by atoms with E-state index in [0.717, 1.165) is 24.0 Å². The largest absolute Gasteiger partial charge is 0.354 e. The van der Waals surface area contributed by atoms with Gasteiger partial charge < -0.3 is 15.2 Å². The number of amides is 3. The minimum atomic E-state index is -0.208. The number of rotatable bonds is 5. The van der Waals surface area contributed by atoms with E-state index in [1.54, 1.807) is 4.90 Å². The second-order valence-corrected chi connectivity index (χ2v) is 6.06.